The highest BCUT2D eigenvalue weighted by atomic mass is 79.9. The first-order chi connectivity index (χ1) is 14.4. The first kappa shape index (κ1) is 22.1. The molecule has 3 aromatic rings. The second-order valence-corrected chi connectivity index (χ2v) is 9.19. The standard InChI is InChI=1S/C22H20BrFN2O3S/c23-18-7-13-21(14-8-18)30(28,29)25-15-4-16-26(20-11-9-19(24)10-12-20)22(27)17-5-2-1-3-6-17/h1-3,5-14,25H,4,15-16H2. The molecule has 0 unspecified atom stereocenters. The zero-order valence-electron chi connectivity index (χ0n) is 16.0. The highest BCUT2D eigenvalue weighted by molar-refractivity contribution is 9.10. The van der Waals surface area contributed by atoms with Gasteiger partial charge in [0.05, 0.1) is 4.90 Å². The number of carbonyl (C=O) groups is 1. The van der Waals surface area contributed by atoms with E-state index in [2.05, 4.69) is 20.7 Å². The molecule has 8 heteroatoms. The SMILES string of the molecule is O=C(c1ccccc1)N(CCCNS(=O)(=O)c1ccc(Br)cc1)c1ccc(F)cc1. The summed E-state index contributed by atoms with van der Waals surface area (Å²) in [6, 6.07) is 20.7. The normalized spacial score (nSPS) is 11.3. The molecular formula is C22H20BrFN2O3S. The maximum atomic E-state index is 13.3. The van der Waals surface area contributed by atoms with Crippen molar-refractivity contribution >= 4 is 37.5 Å². The number of hydrogen-bond acceptors (Lipinski definition) is 3. The third-order valence-electron chi connectivity index (χ3n) is 4.38. The fourth-order valence-electron chi connectivity index (χ4n) is 2.85. The number of hydrogen-bond donors (Lipinski definition) is 1. The van der Waals surface area contributed by atoms with Crippen LogP contribution in [0.1, 0.15) is 16.8 Å². The minimum Gasteiger partial charge on any atom is -0.308 e. The zero-order valence-corrected chi connectivity index (χ0v) is 18.4. The smallest absolute Gasteiger partial charge is 0.258 e. The van der Waals surface area contributed by atoms with Gasteiger partial charge in [0.1, 0.15) is 5.82 Å². The molecule has 1 amide bonds. The van der Waals surface area contributed by atoms with E-state index in [9.17, 15) is 17.6 Å². The summed E-state index contributed by atoms with van der Waals surface area (Å²) < 4.78 is 41.5. The molecule has 3 aromatic carbocycles. The summed E-state index contributed by atoms with van der Waals surface area (Å²) in [7, 11) is -3.64. The lowest BCUT2D eigenvalue weighted by Gasteiger charge is -2.23. The molecule has 0 fully saturated rings. The molecule has 0 spiro atoms. The predicted octanol–water partition coefficient (Wildman–Crippen LogP) is 4.60. The van der Waals surface area contributed by atoms with Gasteiger partial charge in [0.15, 0.2) is 0 Å². The van der Waals surface area contributed by atoms with Crippen molar-refractivity contribution in [3.05, 3.63) is 94.7 Å². The number of rotatable bonds is 8. The summed E-state index contributed by atoms with van der Waals surface area (Å²) in [6.45, 7) is 0.417. The van der Waals surface area contributed by atoms with E-state index in [1.165, 1.54) is 41.3 Å². The first-order valence-electron chi connectivity index (χ1n) is 9.24. The van der Waals surface area contributed by atoms with Gasteiger partial charge in [-0.3, -0.25) is 4.79 Å². The van der Waals surface area contributed by atoms with Crippen LogP contribution in [0.4, 0.5) is 10.1 Å². The predicted molar refractivity (Wildman–Crippen MR) is 118 cm³/mol. The maximum absolute atomic E-state index is 13.3. The Hall–Kier alpha value is -2.55. The van der Waals surface area contributed by atoms with E-state index < -0.39 is 15.8 Å². The molecule has 0 saturated heterocycles. The quantitative estimate of drug-likeness (QED) is 0.469. The lowest BCUT2D eigenvalue weighted by molar-refractivity contribution is 0.0986. The second kappa shape index (κ2) is 9.97. The average Bonchev–Trinajstić information content (AvgIpc) is 2.75. The molecule has 0 aliphatic heterocycles. The minimum atomic E-state index is -3.64. The van der Waals surface area contributed by atoms with Crippen molar-refractivity contribution in [2.24, 2.45) is 0 Å². The molecule has 0 aromatic heterocycles. The lowest BCUT2D eigenvalue weighted by Crippen LogP contribution is -2.34. The van der Waals surface area contributed by atoms with Crippen LogP contribution < -0.4 is 9.62 Å². The van der Waals surface area contributed by atoms with Gasteiger partial charge >= 0.3 is 0 Å². The highest BCUT2D eigenvalue weighted by Crippen LogP contribution is 2.19. The number of carbonyl (C=O) groups excluding carboxylic acids is 1. The average molecular weight is 491 g/mol. The van der Waals surface area contributed by atoms with E-state index in [-0.39, 0.29) is 23.9 Å². The van der Waals surface area contributed by atoms with Crippen molar-refractivity contribution < 1.29 is 17.6 Å². The molecule has 0 atom stereocenters. The van der Waals surface area contributed by atoms with E-state index in [4.69, 9.17) is 0 Å². The summed E-state index contributed by atoms with van der Waals surface area (Å²) in [6.07, 6.45) is 0.381. The summed E-state index contributed by atoms with van der Waals surface area (Å²) in [4.78, 5) is 14.6. The van der Waals surface area contributed by atoms with Crippen LogP contribution in [0.15, 0.2) is 88.2 Å². The molecular weight excluding hydrogens is 471 g/mol. The molecule has 0 radical (unpaired) electrons. The van der Waals surface area contributed by atoms with E-state index in [0.29, 0.717) is 17.7 Å². The van der Waals surface area contributed by atoms with Crippen LogP contribution in [0.25, 0.3) is 0 Å². The molecule has 0 bridgehead atoms. The largest absolute Gasteiger partial charge is 0.308 e. The number of anilines is 1. The Labute approximate surface area is 183 Å². The van der Waals surface area contributed by atoms with Gasteiger partial charge in [-0.2, -0.15) is 0 Å². The van der Waals surface area contributed by atoms with Gasteiger partial charge in [-0.15, -0.1) is 0 Å². The van der Waals surface area contributed by atoms with Gasteiger partial charge in [-0.05, 0) is 67.1 Å². The van der Waals surface area contributed by atoms with E-state index in [1.807, 2.05) is 6.07 Å². The Bertz CT molecular complexity index is 1090. The molecule has 5 nitrogen and oxygen atoms in total. The van der Waals surface area contributed by atoms with Crippen molar-refractivity contribution in [2.45, 2.75) is 11.3 Å². The monoisotopic (exact) mass is 490 g/mol. The maximum Gasteiger partial charge on any atom is 0.258 e. The Balaban J connectivity index is 1.68. The van der Waals surface area contributed by atoms with Crippen molar-refractivity contribution in [1.82, 2.24) is 4.72 Å². The fourth-order valence-corrected chi connectivity index (χ4v) is 4.18. The van der Waals surface area contributed by atoms with Gasteiger partial charge in [0.25, 0.3) is 5.91 Å². The molecule has 0 saturated carbocycles. The Kier molecular flexibility index (Phi) is 7.36. The Morgan fingerprint density at radius 1 is 0.933 bits per heavy atom. The van der Waals surface area contributed by atoms with Crippen LogP contribution in [-0.2, 0) is 10.0 Å². The van der Waals surface area contributed by atoms with Crippen molar-refractivity contribution in [2.75, 3.05) is 18.0 Å². The topological polar surface area (TPSA) is 66.5 Å². The van der Waals surface area contributed by atoms with Crippen LogP contribution >= 0.6 is 15.9 Å². The molecule has 0 aliphatic carbocycles. The molecule has 1 N–H and O–H groups in total. The van der Waals surface area contributed by atoms with Crippen LogP contribution in [0.5, 0.6) is 0 Å². The molecule has 0 heterocycles. The molecule has 0 aliphatic rings. The number of benzene rings is 3. The van der Waals surface area contributed by atoms with Crippen LogP contribution in [0.2, 0.25) is 0 Å². The van der Waals surface area contributed by atoms with Crippen LogP contribution in [0, 0.1) is 5.82 Å². The van der Waals surface area contributed by atoms with E-state index in [1.54, 1.807) is 36.4 Å². The number of amides is 1. The zero-order chi connectivity index (χ0) is 21.6. The van der Waals surface area contributed by atoms with Crippen molar-refractivity contribution in [3.63, 3.8) is 0 Å². The third-order valence-corrected chi connectivity index (χ3v) is 6.38. The van der Waals surface area contributed by atoms with Gasteiger partial charge in [-0.25, -0.2) is 17.5 Å². The number of nitrogens with zero attached hydrogens (tertiary/aromatic N) is 1. The molecule has 3 rings (SSSR count). The summed E-state index contributed by atoms with van der Waals surface area (Å²) in [5.74, 6) is -0.633. The Morgan fingerprint density at radius 3 is 2.20 bits per heavy atom. The Morgan fingerprint density at radius 2 is 1.57 bits per heavy atom. The summed E-state index contributed by atoms with van der Waals surface area (Å²) >= 11 is 3.28. The van der Waals surface area contributed by atoms with Gasteiger partial charge in [0, 0.05) is 28.8 Å². The summed E-state index contributed by atoms with van der Waals surface area (Å²) in [5, 5.41) is 0. The van der Waals surface area contributed by atoms with Gasteiger partial charge in [0.2, 0.25) is 10.0 Å². The minimum absolute atomic E-state index is 0.151. The molecule has 156 valence electrons. The van der Waals surface area contributed by atoms with Crippen molar-refractivity contribution in [3.8, 4) is 0 Å². The van der Waals surface area contributed by atoms with Crippen LogP contribution in [0.3, 0.4) is 0 Å². The lowest BCUT2D eigenvalue weighted by atomic mass is 10.1. The number of sulfonamides is 1. The number of halogens is 2. The van der Waals surface area contributed by atoms with Crippen molar-refractivity contribution in [1.29, 1.82) is 0 Å². The van der Waals surface area contributed by atoms with Gasteiger partial charge in [-0.1, -0.05) is 34.1 Å². The number of nitrogens with one attached hydrogen (secondary N) is 1. The second-order valence-electron chi connectivity index (χ2n) is 6.50. The molecule has 30 heavy (non-hydrogen) atoms. The third kappa shape index (κ3) is 5.75. The summed E-state index contributed by atoms with van der Waals surface area (Å²) in [5.41, 5.74) is 1.04. The van der Waals surface area contributed by atoms with Crippen LogP contribution in [-0.4, -0.2) is 27.4 Å². The fraction of sp³-hybridized carbons (Fsp3) is 0.136. The van der Waals surface area contributed by atoms with E-state index in [0.717, 1.165) is 4.47 Å². The van der Waals surface area contributed by atoms with E-state index >= 15 is 0 Å². The first-order valence-corrected chi connectivity index (χ1v) is 11.5. The highest BCUT2D eigenvalue weighted by Gasteiger charge is 2.18. The van der Waals surface area contributed by atoms with Gasteiger partial charge < -0.3 is 4.90 Å².